The molecule has 0 saturated heterocycles. The Bertz CT molecular complexity index is 595. The average molecular weight is 293 g/mol. The van der Waals surface area contributed by atoms with Gasteiger partial charge in [0.05, 0.1) is 6.54 Å². The topological polar surface area (TPSA) is 68.3 Å². The summed E-state index contributed by atoms with van der Waals surface area (Å²) in [6.45, 7) is 2.22. The molecule has 1 unspecified atom stereocenters. The maximum atomic E-state index is 12.0. The van der Waals surface area contributed by atoms with Gasteiger partial charge in [0.15, 0.2) is 5.76 Å². The van der Waals surface area contributed by atoms with Crippen LogP contribution in [-0.2, 0) is 13.0 Å². The fourth-order valence-corrected chi connectivity index (χ4v) is 2.19. The summed E-state index contributed by atoms with van der Waals surface area (Å²) in [4.78, 5) is 12.0. The summed E-state index contributed by atoms with van der Waals surface area (Å²) in [5.74, 6) is 0.639. The first-order valence-corrected chi connectivity index (χ1v) is 6.80. The summed E-state index contributed by atoms with van der Waals surface area (Å²) in [5, 5.41) is 3.58. The molecule has 1 heterocycles. The van der Waals surface area contributed by atoms with Crippen LogP contribution in [0.2, 0.25) is 5.02 Å². The molecule has 106 valence electrons. The zero-order valence-corrected chi connectivity index (χ0v) is 12.0. The largest absolute Gasteiger partial charge is 0.455 e. The van der Waals surface area contributed by atoms with Crippen LogP contribution in [0.5, 0.6) is 0 Å². The Morgan fingerprint density at radius 2 is 2.20 bits per heavy atom. The SMILES string of the molecule is CC(Cc1cccc(Cl)c1)NC(=O)c1ccc(CN)o1. The van der Waals surface area contributed by atoms with Crippen molar-refractivity contribution in [2.45, 2.75) is 25.9 Å². The van der Waals surface area contributed by atoms with Crippen molar-refractivity contribution in [1.29, 1.82) is 0 Å². The van der Waals surface area contributed by atoms with Crippen LogP contribution < -0.4 is 11.1 Å². The Morgan fingerprint density at radius 1 is 1.40 bits per heavy atom. The number of hydrogen-bond donors (Lipinski definition) is 2. The molecule has 0 saturated carbocycles. The lowest BCUT2D eigenvalue weighted by Gasteiger charge is -2.13. The van der Waals surface area contributed by atoms with E-state index in [4.69, 9.17) is 21.8 Å². The first kappa shape index (κ1) is 14.6. The van der Waals surface area contributed by atoms with Gasteiger partial charge in [0.25, 0.3) is 5.91 Å². The highest BCUT2D eigenvalue weighted by Gasteiger charge is 2.14. The number of hydrogen-bond acceptors (Lipinski definition) is 3. The molecular formula is C15H17ClN2O2. The first-order chi connectivity index (χ1) is 9.58. The van der Waals surface area contributed by atoms with Gasteiger partial charge in [-0.2, -0.15) is 0 Å². The van der Waals surface area contributed by atoms with E-state index in [1.807, 2.05) is 31.2 Å². The zero-order chi connectivity index (χ0) is 14.5. The van der Waals surface area contributed by atoms with Gasteiger partial charge in [-0.05, 0) is 43.2 Å². The molecular weight excluding hydrogens is 276 g/mol. The Labute approximate surface area is 122 Å². The third-order valence-corrected chi connectivity index (χ3v) is 3.13. The molecule has 20 heavy (non-hydrogen) atoms. The fraction of sp³-hybridized carbons (Fsp3) is 0.267. The maximum Gasteiger partial charge on any atom is 0.287 e. The summed E-state index contributed by atoms with van der Waals surface area (Å²) in [6.07, 6.45) is 0.705. The molecule has 1 amide bonds. The van der Waals surface area contributed by atoms with Crippen molar-refractivity contribution in [2.24, 2.45) is 5.73 Å². The van der Waals surface area contributed by atoms with Crippen LogP contribution in [0.25, 0.3) is 0 Å². The van der Waals surface area contributed by atoms with Crippen LogP contribution in [0.4, 0.5) is 0 Å². The fourth-order valence-electron chi connectivity index (χ4n) is 1.97. The molecule has 0 spiro atoms. The van der Waals surface area contributed by atoms with Crippen molar-refractivity contribution in [3.05, 3.63) is 58.5 Å². The van der Waals surface area contributed by atoms with E-state index in [0.29, 0.717) is 17.2 Å². The lowest BCUT2D eigenvalue weighted by Crippen LogP contribution is -2.33. The molecule has 4 nitrogen and oxygen atoms in total. The molecule has 3 N–H and O–H groups in total. The number of amides is 1. The van der Waals surface area contributed by atoms with Crippen LogP contribution in [0.15, 0.2) is 40.8 Å². The molecule has 0 radical (unpaired) electrons. The summed E-state index contributed by atoms with van der Waals surface area (Å²) < 4.78 is 5.31. The van der Waals surface area contributed by atoms with E-state index < -0.39 is 0 Å². The second-order valence-corrected chi connectivity index (χ2v) is 5.12. The Kier molecular flexibility index (Phi) is 4.82. The average Bonchev–Trinajstić information content (AvgIpc) is 2.87. The number of benzene rings is 1. The molecule has 5 heteroatoms. The highest BCUT2D eigenvalue weighted by atomic mass is 35.5. The molecule has 2 rings (SSSR count). The van der Waals surface area contributed by atoms with Crippen LogP contribution in [0.3, 0.4) is 0 Å². The first-order valence-electron chi connectivity index (χ1n) is 6.42. The van der Waals surface area contributed by atoms with Crippen molar-refractivity contribution in [2.75, 3.05) is 0 Å². The van der Waals surface area contributed by atoms with Crippen LogP contribution in [0.1, 0.15) is 28.8 Å². The van der Waals surface area contributed by atoms with Crippen LogP contribution >= 0.6 is 11.6 Å². The van der Waals surface area contributed by atoms with Gasteiger partial charge in [-0.1, -0.05) is 23.7 Å². The lowest BCUT2D eigenvalue weighted by molar-refractivity contribution is 0.0910. The summed E-state index contributed by atoms with van der Waals surface area (Å²) in [6, 6.07) is 10.9. The van der Waals surface area contributed by atoms with Crippen LogP contribution in [0, 0.1) is 0 Å². The minimum Gasteiger partial charge on any atom is -0.455 e. The molecule has 0 aliphatic rings. The number of carbonyl (C=O) groups excluding carboxylic acids is 1. The van der Waals surface area contributed by atoms with Crippen molar-refractivity contribution in [3.8, 4) is 0 Å². The number of halogens is 1. The van der Waals surface area contributed by atoms with Gasteiger partial charge in [0, 0.05) is 11.1 Å². The molecule has 1 aromatic carbocycles. The summed E-state index contributed by atoms with van der Waals surface area (Å²) >= 11 is 5.93. The minimum atomic E-state index is -0.237. The van der Waals surface area contributed by atoms with Crippen LogP contribution in [-0.4, -0.2) is 11.9 Å². The van der Waals surface area contributed by atoms with E-state index in [1.54, 1.807) is 12.1 Å². The monoisotopic (exact) mass is 292 g/mol. The predicted molar refractivity (Wildman–Crippen MR) is 78.7 cm³/mol. The third kappa shape index (κ3) is 3.85. The second kappa shape index (κ2) is 6.59. The second-order valence-electron chi connectivity index (χ2n) is 4.68. The smallest absolute Gasteiger partial charge is 0.287 e. The number of nitrogens with one attached hydrogen (secondary N) is 1. The van der Waals surface area contributed by atoms with E-state index in [-0.39, 0.29) is 24.3 Å². The summed E-state index contributed by atoms with van der Waals surface area (Å²) in [7, 11) is 0. The third-order valence-electron chi connectivity index (χ3n) is 2.90. The molecule has 2 aromatic rings. The van der Waals surface area contributed by atoms with Gasteiger partial charge in [0.1, 0.15) is 5.76 Å². The minimum absolute atomic E-state index is 0.0209. The van der Waals surface area contributed by atoms with Gasteiger partial charge in [-0.15, -0.1) is 0 Å². The van der Waals surface area contributed by atoms with Gasteiger partial charge in [-0.25, -0.2) is 0 Å². The molecule has 0 fully saturated rings. The zero-order valence-electron chi connectivity index (χ0n) is 11.2. The molecule has 1 atom stereocenters. The van der Waals surface area contributed by atoms with E-state index in [1.165, 1.54) is 0 Å². The van der Waals surface area contributed by atoms with E-state index in [0.717, 1.165) is 5.56 Å². The Balaban J connectivity index is 1.94. The highest BCUT2D eigenvalue weighted by Crippen LogP contribution is 2.13. The Morgan fingerprint density at radius 3 is 2.85 bits per heavy atom. The standard InChI is InChI=1S/C15H17ClN2O2/c1-10(7-11-3-2-4-12(16)8-11)18-15(19)14-6-5-13(9-17)20-14/h2-6,8,10H,7,9,17H2,1H3,(H,18,19). The van der Waals surface area contributed by atoms with Gasteiger partial charge in [0.2, 0.25) is 0 Å². The molecule has 0 aliphatic heterocycles. The van der Waals surface area contributed by atoms with Crippen molar-refractivity contribution in [3.63, 3.8) is 0 Å². The van der Waals surface area contributed by atoms with Gasteiger partial charge < -0.3 is 15.5 Å². The van der Waals surface area contributed by atoms with Crippen molar-refractivity contribution in [1.82, 2.24) is 5.32 Å². The quantitative estimate of drug-likeness (QED) is 0.890. The van der Waals surface area contributed by atoms with Crippen molar-refractivity contribution >= 4 is 17.5 Å². The number of carbonyl (C=O) groups is 1. The Hall–Kier alpha value is -1.78. The maximum absolute atomic E-state index is 12.0. The highest BCUT2D eigenvalue weighted by molar-refractivity contribution is 6.30. The molecule has 1 aromatic heterocycles. The predicted octanol–water partition coefficient (Wildman–Crippen LogP) is 2.75. The van der Waals surface area contributed by atoms with Gasteiger partial charge in [-0.3, -0.25) is 4.79 Å². The number of nitrogens with two attached hydrogens (primary N) is 1. The molecule has 0 aliphatic carbocycles. The number of furan rings is 1. The van der Waals surface area contributed by atoms with E-state index >= 15 is 0 Å². The summed E-state index contributed by atoms with van der Waals surface area (Å²) in [5.41, 5.74) is 6.52. The normalized spacial score (nSPS) is 12.2. The van der Waals surface area contributed by atoms with Crippen molar-refractivity contribution < 1.29 is 9.21 Å². The molecule has 0 bridgehead atoms. The number of rotatable bonds is 5. The lowest BCUT2D eigenvalue weighted by atomic mass is 10.1. The van der Waals surface area contributed by atoms with Gasteiger partial charge >= 0.3 is 0 Å². The van der Waals surface area contributed by atoms with E-state index in [9.17, 15) is 4.79 Å². The van der Waals surface area contributed by atoms with E-state index in [2.05, 4.69) is 5.32 Å².